The molecule has 27 heavy (non-hydrogen) atoms. The smallest absolute Gasteiger partial charge is 0.191 e. The van der Waals surface area contributed by atoms with E-state index in [0.29, 0.717) is 13.2 Å². The first kappa shape index (κ1) is 23.3. The highest BCUT2D eigenvalue weighted by atomic mass is 127. The molecule has 0 fully saturated rings. The lowest BCUT2D eigenvalue weighted by atomic mass is 10.3. The van der Waals surface area contributed by atoms with Crippen LogP contribution in [0.2, 0.25) is 0 Å². The monoisotopic (exact) mass is 486 g/mol. The third-order valence-electron chi connectivity index (χ3n) is 3.63. The number of aliphatic imine (C=N–C) groups is 1. The fourth-order valence-corrected chi connectivity index (χ4v) is 2.35. The lowest BCUT2D eigenvalue weighted by molar-refractivity contribution is 0.105. The van der Waals surface area contributed by atoms with E-state index in [1.165, 1.54) is 0 Å². The molecule has 0 aliphatic heterocycles. The molecule has 3 N–H and O–H groups in total. The molecule has 0 aliphatic rings. The van der Waals surface area contributed by atoms with Gasteiger partial charge in [0.2, 0.25) is 0 Å². The van der Waals surface area contributed by atoms with Crippen molar-refractivity contribution in [1.29, 1.82) is 0 Å². The molecule has 1 heterocycles. The van der Waals surface area contributed by atoms with Crippen LogP contribution in [0.15, 0.2) is 58.1 Å². The van der Waals surface area contributed by atoms with Gasteiger partial charge >= 0.3 is 0 Å². The van der Waals surface area contributed by atoms with Crippen LogP contribution in [-0.2, 0) is 11.3 Å². The molecule has 2 aromatic rings. The van der Waals surface area contributed by atoms with Crippen LogP contribution >= 0.6 is 24.0 Å². The molecule has 0 spiro atoms. The number of rotatable bonds is 12. The van der Waals surface area contributed by atoms with Gasteiger partial charge in [-0.3, -0.25) is 4.99 Å². The van der Waals surface area contributed by atoms with E-state index in [1.54, 1.807) is 6.26 Å². The molecule has 1 aromatic carbocycles. The minimum Gasteiger partial charge on any atom is -0.467 e. The van der Waals surface area contributed by atoms with E-state index < -0.39 is 0 Å². The molecular weight excluding hydrogens is 455 g/mol. The van der Waals surface area contributed by atoms with Crippen LogP contribution in [0.3, 0.4) is 0 Å². The number of hydrogen-bond donors (Lipinski definition) is 3. The third-order valence-corrected chi connectivity index (χ3v) is 3.63. The van der Waals surface area contributed by atoms with Crippen molar-refractivity contribution in [2.75, 3.05) is 38.1 Å². The van der Waals surface area contributed by atoms with Crippen LogP contribution in [0.5, 0.6) is 0 Å². The molecule has 6 nitrogen and oxygen atoms in total. The number of anilines is 1. The summed E-state index contributed by atoms with van der Waals surface area (Å²) in [4.78, 5) is 4.60. The summed E-state index contributed by atoms with van der Waals surface area (Å²) < 4.78 is 10.8. The number of ether oxygens (including phenoxy) is 1. The van der Waals surface area contributed by atoms with Crippen molar-refractivity contribution < 1.29 is 9.15 Å². The maximum Gasteiger partial charge on any atom is 0.191 e. The summed E-state index contributed by atoms with van der Waals surface area (Å²) in [7, 11) is 0. The molecule has 0 bridgehead atoms. The standard InChI is InChI=1S/C20H30N4O2.HI/c1-2-21-20(23-13-7-12-22-18-9-4-3-5-10-18)24-14-8-15-25-17-19-11-6-16-26-19;/h3-6,9-11,16,22H,2,7-8,12-15,17H2,1H3,(H2,21,23,24);1H. The second kappa shape index (κ2) is 15.3. The highest BCUT2D eigenvalue weighted by Gasteiger charge is 1.98. The van der Waals surface area contributed by atoms with Gasteiger partial charge in [0.1, 0.15) is 12.4 Å². The Kier molecular flexibility index (Phi) is 13.2. The number of hydrogen-bond acceptors (Lipinski definition) is 4. The third kappa shape index (κ3) is 10.9. The summed E-state index contributed by atoms with van der Waals surface area (Å²) in [5.74, 6) is 1.72. The normalized spacial score (nSPS) is 10.9. The molecule has 0 atom stereocenters. The van der Waals surface area contributed by atoms with E-state index in [0.717, 1.165) is 56.4 Å². The zero-order valence-electron chi connectivity index (χ0n) is 15.9. The minimum atomic E-state index is 0. The number of para-hydroxylation sites is 1. The van der Waals surface area contributed by atoms with Gasteiger partial charge in [-0.1, -0.05) is 18.2 Å². The Morgan fingerprint density at radius 1 is 1.04 bits per heavy atom. The van der Waals surface area contributed by atoms with Gasteiger partial charge in [0.15, 0.2) is 5.96 Å². The number of halogens is 1. The van der Waals surface area contributed by atoms with Crippen LogP contribution in [0.4, 0.5) is 5.69 Å². The van der Waals surface area contributed by atoms with Crippen molar-refractivity contribution in [1.82, 2.24) is 10.6 Å². The van der Waals surface area contributed by atoms with Gasteiger partial charge in [0.25, 0.3) is 0 Å². The van der Waals surface area contributed by atoms with E-state index in [1.807, 2.05) is 30.3 Å². The maximum absolute atomic E-state index is 5.57. The van der Waals surface area contributed by atoms with Crippen molar-refractivity contribution in [3.63, 3.8) is 0 Å². The molecule has 1 aromatic heterocycles. The predicted molar refractivity (Wildman–Crippen MR) is 122 cm³/mol. The van der Waals surface area contributed by atoms with E-state index in [9.17, 15) is 0 Å². The Balaban J connectivity index is 0.00000364. The second-order valence-corrected chi connectivity index (χ2v) is 5.82. The number of guanidine groups is 1. The van der Waals surface area contributed by atoms with Gasteiger partial charge in [-0.25, -0.2) is 0 Å². The average molecular weight is 486 g/mol. The van der Waals surface area contributed by atoms with Gasteiger partial charge in [-0.05, 0) is 44.0 Å². The first-order chi connectivity index (χ1) is 12.9. The van der Waals surface area contributed by atoms with Gasteiger partial charge in [-0.15, -0.1) is 24.0 Å². The molecule has 0 radical (unpaired) electrons. The molecule has 0 saturated heterocycles. The van der Waals surface area contributed by atoms with Crippen LogP contribution in [0.25, 0.3) is 0 Å². The van der Waals surface area contributed by atoms with Crippen molar-refractivity contribution in [3.8, 4) is 0 Å². The van der Waals surface area contributed by atoms with Gasteiger partial charge in [0, 0.05) is 38.5 Å². The topological polar surface area (TPSA) is 70.8 Å². The van der Waals surface area contributed by atoms with E-state index in [-0.39, 0.29) is 24.0 Å². The Morgan fingerprint density at radius 2 is 1.89 bits per heavy atom. The number of nitrogens with one attached hydrogen (secondary N) is 3. The van der Waals surface area contributed by atoms with E-state index in [4.69, 9.17) is 9.15 Å². The van der Waals surface area contributed by atoms with Gasteiger partial charge < -0.3 is 25.1 Å². The Labute approximate surface area is 179 Å². The highest BCUT2D eigenvalue weighted by Crippen LogP contribution is 2.04. The van der Waals surface area contributed by atoms with Crippen LogP contribution in [0.1, 0.15) is 25.5 Å². The quantitative estimate of drug-likeness (QED) is 0.184. The molecule has 0 aliphatic carbocycles. The largest absolute Gasteiger partial charge is 0.467 e. The average Bonchev–Trinajstić information content (AvgIpc) is 3.18. The lowest BCUT2D eigenvalue weighted by Crippen LogP contribution is -2.38. The second-order valence-electron chi connectivity index (χ2n) is 5.82. The first-order valence-corrected chi connectivity index (χ1v) is 9.29. The SMILES string of the molecule is CCNC(=NCCCNc1ccccc1)NCCCOCc1ccco1.I. The molecule has 0 amide bonds. The first-order valence-electron chi connectivity index (χ1n) is 9.29. The zero-order chi connectivity index (χ0) is 18.3. The van der Waals surface area contributed by atoms with Crippen molar-refractivity contribution in [3.05, 3.63) is 54.5 Å². The summed E-state index contributed by atoms with van der Waals surface area (Å²) in [5, 5.41) is 10.00. The van der Waals surface area contributed by atoms with Crippen LogP contribution in [0, 0.1) is 0 Å². The summed E-state index contributed by atoms with van der Waals surface area (Å²) >= 11 is 0. The summed E-state index contributed by atoms with van der Waals surface area (Å²) in [6.07, 6.45) is 3.56. The number of benzene rings is 1. The zero-order valence-corrected chi connectivity index (χ0v) is 18.3. The molecule has 7 heteroatoms. The lowest BCUT2D eigenvalue weighted by Gasteiger charge is -2.11. The van der Waals surface area contributed by atoms with Gasteiger partial charge in [0.05, 0.1) is 6.26 Å². The maximum atomic E-state index is 5.57. The summed E-state index contributed by atoms with van der Waals surface area (Å²) in [6.45, 7) is 6.65. The van der Waals surface area contributed by atoms with Crippen molar-refractivity contribution in [2.45, 2.75) is 26.4 Å². The van der Waals surface area contributed by atoms with Crippen LogP contribution < -0.4 is 16.0 Å². The highest BCUT2D eigenvalue weighted by molar-refractivity contribution is 14.0. The Bertz CT molecular complexity index is 606. The molecule has 150 valence electrons. The van der Waals surface area contributed by atoms with Crippen molar-refractivity contribution in [2.24, 2.45) is 4.99 Å². The number of nitrogens with zero attached hydrogens (tertiary/aromatic N) is 1. The van der Waals surface area contributed by atoms with E-state index in [2.05, 4.69) is 40.0 Å². The number of furan rings is 1. The molecule has 2 rings (SSSR count). The molecule has 0 saturated carbocycles. The van der Waals surface area contributed by atoms with Crippen molar-refractivity contribution >= 4 is 35.6 Å². The summed E-state index contributed by atoms with van der Waals surface area (Å²) in [6, 6.07) is 14.0. The van der Waals surface area contributed by atoms with Gasteiger partial charge in [-0.2, -0.15) is 0 Å². The van der Waals surface area contributed by atoms with Crippen LogP contribution in [-0.4, -0.2) is 38.7 Å². The fourth-order valence-electron chi connectivity index (χ4n) is 2.35. The summed E-state index contributed by atoms with van der Waals surface area (Å²) in [5.41, 5.74) is 1.15. The fraction of sp³-hybridized carbons (Fsp3) is 0.450. The molecular formula is C20H31IN4O2. The Hall–Kier alpha value is -1.74. The molecule has 0 unspecified atom stereocenters. The van der Waals surface area contributed by atoms with E-state index >= 15 is 0 Å². The predicted octanol–water partition coefficient (Wildman–Crippen LogP) is 3.86. The minimum absolute atomic E-state index is 0. The Morgan fingerprint density at radius 3 is 2.63 bits per heavy atom.